The number of amides is 2. The molecule has 0 spiro atoms. The van der Waals surface area contributed by atoms with Gasteiger partial charge in [0.05, 0.1) is 24.8 Å². The number of aliphatic carboxylic acids is 1. The Balaban J connectivity index is 1.22. The number of pyridine rings is 2. The van der Waals surface area contributed by atoms with Crippen molar-refractivity contribution >= 4 is 17.8 Å². The lowest BCUT2D eigenvalue weighted by Gasteiger charge is -2.26. The van der Waals surface area contributed by atoms with Crippen LogP contribution in [0.4, 0.5) is 10.6 Å². The molecule has 0 radical (unpaired) electrons. The van der Waals surface area contributed by atoms with E-state index in [2.05, 4.69) is 22.4 Å². The molecule has 2 aromatic rings. The van der Waals surface area contributed by atoms with Crippen LogP contribution in [0, 0.1) is 0 Å². The first-order valence-electron chi connectivity index (χ1n) is 11.7. The van der Waals surface area contributed by atoms with E-state index < -0.39 is 12.0 Å². The molecule has 5 heterocycles. The van der Waals surface area contributed by atoms with E-state index in [1.807, 2.05) is 12.1 Å². The first-order chi connectivity index (χ1) is 16.1. The summed E-state index contributed by atoms with van der Waals surface area (Å²) in [5.74, 6) is 0.588. The number of hydrogen-bond donors (Lipinski definition) is 2. The number of nitrogens with one attached hydrogen (secondary N) is 1. The summed E-state index contributed by atoms with van der Waals surface area (Å²) >= 11 is 0. The van der Waals surface area contributed by atoms with Crippen molar-refractivity contribution in [1.82, 2.24) is 19.8 Å². The van der Waals surface area contributed by atoms with Crippen LogP contribution in [0.1, 0.15) is 47.8 Å². The van der Waals surface area contributed by atoms with Gasteiger partial charge in [0.1, 0.15) is 5.82 Å². The maximum atomic E-state index is 13.1. The fraction of sp³-hybridized carbons (Fsp3) is 0.500. The minimum atomic E-state index is -0.957. The summed E-state index contributed by atoms with van der Waals surface area (Å²) in [6, 6.07) is 7.24. The average Bonchev–Trinajstić information content (AvgIpc) is 3.43. The Morgan fingerprint density at radius 2 is 2.03 bits per heavy atom. The lowest BCUT2D eigenvalue weighted by atomic mass is 10.1. The normalized spacial score (nSPS) is 17.9. The van der Waals surface area contributed by atoms with Gasteiger partial charge < -0.3 is 25.0 Å². The van der Waals surface area contributed by atoms with Gasteiger partial charge >= 0.3 is 12.0 Å². The molecule has 1 unspecified atom stereocenters. The van der Waals surface area contributed by atoms with E-state index in [9.17, 15) is 14.7 Å². The van der Waals surface area contributed by atoms with Crippen molar-refractivity contribution in [2.45, 2.75) is 44.6 Å². The third-order valence-corrected chi connectivity index (χ3v) is 6.60. The summed E-state index contributed by atoms with van der Waals surface area (Å²) in [5.41, 5.74) is 3.88. The summed E-state index contributed by atoms with van der Waals surface area (Å²) < 4.78 is 5.55. The Labute approximate surface area is 192 Å². The van der Waals surface area contributed by atoms with Crippen molar-refractivity contribution in [3.05, 3.63) is 46.8 Å². The molecule has 0 saturated carbocycles. The van der Waals surface area contributed by atoms with Gasteiger partial charge in [0, 0.05) is 43.9 Å². The second kappa shape index (κ2) is 9.25. The molecule has 1 atom stereocenters. The molecule has 3 aliphatic heterocycles. The van der Waals surface area contributed by atoms with Crippen LogP contribution in [0.3, 0.4) is 0 Å². The van der Waals surface area contributed by atoms with Crippen molar-refractivity contribution in [2.24, 2.45) is 0 Å². The van der Waals surface area contributed by atoms with Crippen LogP contribution in [0.2, 0.25) is 0 Å². The van der Waals surface area contributed by atoms with Gasteiger partial charge in [-0.15, -0.1) is 0 Å². The van der Waals surface area contributed by atoms with Crippen molar-refractivity contribution in [2.75, 3.05) is 38.1 Å². The highest BCUT2D eigenvalue weighted by molar-refractivity contribution is 5.78. The van der Waals surface area contributed by atoms with Crippen LogP contribution in [0.5, 0.6) is 5.88 Å². The predicted molar refractivity (Wildman–Crippen MR) is 121 cm³/mol. The molecule has 5 rings (SSSR count). The van der Waals surface area contributed by atoms with E-state index in [0.29, 0.717) is 37.8 Å². The topological polar surface area (TPSA) is 108 Å². The number of fused-ring (bicyclic) bond motifs is 2. The minimum Gasteiger partial charge on any atom is -0.481 e. The van der Waals surface area contributed by atoms with Gasteiger partial charge in [-0.1, -0.05) is 12.1 Å². The van der Waals surface area contributed by atoms with E-state index in [-0.39, 0.29) is 12.5 Å². The number of hydrogen-bond acceptors (Lipinski definition) is 6. The average molecular weight is 452 g/mol. The number of aromatic nitrogens is 2. The van der Waals surface area contributed by atoms with E-state index in [1.54, 1.807) is 9.80 Å². The number of carbonyl (C=O) groups is 2. The molecule has 2 amide bonds. The number of urea groups is 1. The number of ether oxygens (including phenoxy) is 1. The Kier molecular flexibility index (Phi) is 6.02. The van der Waals surface area contributed by atoms with Gasteiger partial charge in [0.15, 0.2) is 0 Å². The van der Waals surface area contributed by atoms with Crippen LogP contribution in [0.15, 0.2) is 24.3 Å². The quantitative estimate of drug-likeness (QED) is 0.635. The number of carboxylic acids is 1. The maximum absolute atomic E-state index is 13.1. The first-order valence-corrected chi connectivity index (χ1v) is 11.7. The number of nitrogens with zero attached hydrogens (tertiary/aromatic N) is 4. The van der Waals surface area contributed by atoms with Gasteiger partial charge in [0.2, 0.25) is 5.88 Å². The van der Waals surface area contributed by atoms with Crippen LogP contribution in [-0.2, 0) is 24.1 Å². The van der Waals surface area contributed by atoms with E-state index >= 15 is 0 Å². The van der Waals surface area contributed by atoms with Crippen LogP contribution in [-0.4, -0.2) is 69.7 Å². The van der Waals surface area contributed by atoms with Crippen LogP contribution >= 0.6 is 0 Å². The highest BCUT2D eigenvalue weighted by Gasteiger charge is 2.36. The third-order valence-electron chi connectivity index (χ3n) is 6.60. The standard InChI is InChI=1S/C24H29N5O4/c30-21(31)15-20(19-8-6-17-9-14-33-23(17)27-19)29-13-12-28(24(29)32)11-2-4-18-7-5-16-3-1-10-25-22(16)26-18/h5-8,20H,1-4,9-15H2,(H,25,26)(H,30,31). The van der Waals surface area contributed by atoms with Crippen molar-refractivity contribution in [1.29, 1.82) is 0 Å². The molecule has 9 nitrogen and oxygen atoms in total. The first kappa shape index (κ1) is 21.5. The number of carbonyl (C=O) groups excluding carboxylic acids is 1. The van der Waals surface area contributed by atoms with E-state index in [4.69, 9.17) is 9.72 Å². The zero-order valence-corrected chi connectivity index (χ0v) is 18.6. The van der Waals surface area contributed by atoms with E-state index in [1.165, 1.54) is 5.56 Å². The zero-order valence-electron chi connectivity index (χ0n) is 18.6. The lowest BCUT2D eigenvalue weighted by molar-refractivity contribution is -0.138. The molecule has 0 aromatic carbocycles. The highest BCUT2D eigenvalue weighted by atomic mass is 16.5. The van der Waals surface area contributed by atoms with E-state index in [0.717, 1.165) is 55.7 Å². The summed E-state index contributed by atoms with van der Waals surface area (Å²) in [4.78, 5) is 37.4. The second-order valence-electron chi connectivity index (χ2n) is 8.82. The van der Waals surface area contributed by atoms with Crippen LogP contribution in [0.25, 0.3) is 0 Å². The summed E-state index contributed by atoms with van der Waals surface area (Å²) in [6.45, 7) is 3.22. The van der Waals surface area contributed by atoms with Crippen molar-refractivity contribution < 1.29 is 19.4 Å². The molecule has 0 bridgehead atoms. The number of aryl methyl sites for hydroxylation is 2. The molecule has 0 aliphatic carbocycles. The number of anilines is 1. The summed E-state index contributed by atoms with van der Waals surface area (Å²) in [6.07, 6.45) is 4.42. The largest absolute Gasteiger partial charge is 0.481 e. The number of rotatable bonds is 8. The number of carboxylic acid groups (broad SMARTS) is 1. The Bertz CT molecular complexity index is 1060. The summed E-state index contributed by atoms with van der Waals surface area (Å²) in [5, 5.41) is 12.8. The predicted octanol–water partition coefficient (Wildman–Crippen LogP) is 2.66. The molecule has 174 valence electrons. The second-order valence-corrected chi connectivity index (χ2v) is 8.82. The molecule has 2 aromatic heterocycles. The molecule has 9 heteroatoms. The van der Waals surface area contributed by atoms with Crippen LogP contribution < -0.4 is 10.1 Å². The summed E-state index contributed by atoms with van der Waals surface area (Å²) in [7, 11) is 0. The van der Waals surface area contributed by atoms with Gasteiger partial charge in [-0.2, -0.15) is 0 Å². The fourth-order valence-electron chi connectivity index (χ4n) is 4.84. The van der Waals surface area contributed by atoms with Gasteiger partial charge in [-0.25, -0.2) is 14.8 Å². The third kappa shape index (κ3) is 4.58. The molecule has 1 fully saturated rings. The van der Waals surface area contributed by atoms with Crippen molar-refractivity contribution in [3.63, 3.8) is 0 Å². The Morgan fingerprint density at radius 1 is 1.15 bits per heavy atom. The highest BCUT2D eigenvalue weighted by Crippen LogP contribution is 2.31. The lowest BCUT2D eigenvalue weighted by Crippen LogP contribution is -2.36. The molecular weight excluding hydrogens is 422 g/mol. The van der Waals surface area contributed by atoms with Gasteiger partial charge in [-0.05, 0) is 43.4 Å². The van der Waals surface area contributed by atoms with Gasteiger partial charge in [0.25, 0.3) is 0 Å². The molecule has 1 saturated heterocycles. The zero-order chi connectivity index (χ0) is 22.8. The Morgan fingerprint density at radius 3 is 2.91 bits per heavy atom. The monoisotopic (exact) mass is 451 g/mol. The molecule has 3 aliphatic rings. The SMILES string of the molecule is O=C(O)CC(c1ccc2c(n1)OCC2)N1CCN(CCCc2ccc3c(n2)NCCC3)C1=O. The minimum absolute atomic E-state index is 0.135. The molecule has 33 heavy (non-hydrogen) atoms. The fourth-order valence-corrected chi connectivity index (χ4v) is 4.84. The van der Waals surface area contributed by atoms with Crippen molar-refractivity contribution in [3.8, 4) is 5.88 Å². The van der Waals surface area contributed by atoms with Gasteiger partial charge in [-0.3, -0.25) is 4.79 Å². The molecule has 2 N–H and O–H groups in total. The molecular formula is C24H29N5O4. The Hall–Kier alpha value is -3.36. The smallest absolute Gasteiger partial charge is 0.320 e. The maximum Gasteiger partial charge on any atom is 0.320 e.